The molecule has 2 aromatic carbocycles. The molecule has 42 heavy (non-hydrogen) atoms. The van der Waals surface area contributed by atoms with Gasteiger partial charge in [-0.1, -0.05) is 65.5 Å². The van der Waals surface area contributed by atoms with Gasteiger partial charge in [0.2, 0.25) is 17.7 Å². The first-order chi connectivity index (χ1) is 19.7. The Morgan fingerprint density at radius 3 is 2.02 bits per heavy atom. The highest BCUT2D eigenvalue weighted by atomic mass is 35.5. The molecule has 6 rings (SSSR count). The predicted octanol–water partition coefficient (Wildman–Crippen LogP) is 6.47. The fraction of sp³-hybridized carbons (Fsp3) is 0.379. The van der Waals surface area contributed by atoms with Gasteiger partial charge < -0.3 is 9.64 Å². The third kappa shape index (κ3) is 3.80. The topological polar surface area (TPSA) is 84.0 Å². The largest absolute Gasteiger partial charge is 0.426 e. The van der Waals surface area contributed by atoms with Crippen molar-refractivity contribution in [2.45, 2.75) is 40.8 Å². The van der Waals surface area contributed by atoms with Gasteiger partial charge in [-0.3, -0.25) is 19.2 Å². The second-order valence-corrected chi connectivity index (χ2v) is 14.2. The number of alkyl halides is 4. The summed E-state index contributed by atoms with van der Waals surface area (Å²) in [7, 11) is 0. The Bertz CT molecular complexity index is 1560. The molecule has 7 nitrogen and oxygen atoms in total. The van der Waals surface area contributed by atoms with E-state index < -0.39 is 49.6 Å². The van der Waals surface area contributed by atoms with Crippen molar-refractivity contribution in [2.75, 3.05) is 16.3 Å². The lowest BCUT2D eigenvalue weighted by atomic mass is 9.84. The van der Waals surface area contributed by atoms with Crippen molar-refractivity contribution in [3.05, 3.63) is 63.7 Å². The maximum absolute atomic E-state index is 13.7. The standard InChI is InChI=1S/C29H22Cl6N2O5/c1-3-14-4-6-16(7-5-14)36-12-15(11-19(36)38)26(41)42-17-8-9-18(13(2)10-17)37-24(39)20-21(25(37)40)28(33)23(31)22(30)27(20,32)29(28,34)35/h4-10,15,20-21H,3,11-12H2,1-2H3/t15-,20-,21+,27+,28+/m0/s1. The van der Waals surface area contributed by atoms with Crippen LogP contribution in [0.25, 0.3) is 0 Å². The average Bonchev–Trinajstić information content (AvgIpc) is 3.54. The molecule has 2 aromatic rings. The normalized spacial score (nSPS) is 31.4. The molecule has 2 bridgehead atoms. The summed E-state index contributed by atoms with van der Waals surface area (Å²) in [5, 5.41) is -0.341. The monoisotopic (exact) mass is 688 g/mol. The van der Waals surface area contributed by atoms with E-state index in [1.165, 1.54) is 18.2 Å². The minimum absolute atomic E-state index is 0.0210. The predicted molar refractivity (Wildman–Crippen MR) is 163 cm³/mol. The molecule has 3 fully saturated rings. The maximum atomic E-state index is 13.7. The van der Waals surface area contributed by atoms with Gasteiger partial charge in [0.25, 0.3) is 0 Å². The molecule has 3 amide bonds. The molecule has 0 N–H and O–H groups in total. The Kier molecular flexibility index (Phi) is 7.16. The van der Waals surface area contributed by atoms with E-state index in [0.717, 1.165) is 22.6 Å². The summed E-state index contributed by atoms with van der Waals surface area (Å²) < 4.78 is 3.58. The van der Waals surface area contributed by atoms with E-state index in [2.05, 4.69) is 0 Å². The zero-order valence-corrected chi connectivity index (χ0v) is 26.6. The average molecular weight is 691 g/mol. The van der Waals surface area contributed by atoms with Crippen LogP contribution in [0.2, 0.25) is 0 Å². The number of anilines is 2. The Hall–Kier alpha value is -2.00. The summed E-state index contributed by atoms with van der Waals surface area (Å²) in [5.41, 5.74) is 2.56. The molecule has 5 atom stereocenters. The Morgan fingerprint density at radius 2 is 1.50 bits per heavy atom. The highest BCUT2D eigenvalue weighted by Gasteiger charge is 2.87. The fourth-order valence-corrected chi connectivity index (χ4v) is 9.33. The van der Waals surface area contributed by atoms with Crippen LogP contribution in [-0.4, -0.2) is 44.3 Å². The summed E-state index contributed by atoms with van der Waals surface area (Å²) >= 11 is 39.4. The van der Waals surface area contributed by atoms with Gasteiger partial charge in [0, 0.05) is 18.7 Å². The van der Waals surface area contributed by atoms with Crippen LogP contribution in [0, 0.1) is 24.7 Å². The lowest BCUT2D eigenvalue weighted by Crippen LogP contribution is -2.50. The zero-order chi connectivity index (χ0) is 30.5. The van der Waals surface area contributed by atoms with Crippen LogP contribution in [0.15, 0.2) is 52.5 Å². The van der Waals surface area contributed by atoms with Gasteiger partial charge in [0.15, 0.2) is 4.33 Å². The van der Waals surface area contributed by atoms with E-state index in [-0.39, 0.29) is 40.4 Å². The van der Waals surface area contributed by atoms with Crippen molar-refractivity contribution in [3.8, 4) is 5.75 Å². The van der Waals surface area contributed by atoms with E-state index >= 15 is 0 Å². The molecular weight excluding hydrogens is 669 g/mol. The fourth-order valence-electron chi connectivity index (χ4n) is 6.40. The van der Waals surface area contributed by atoms with Gasteiger partial charge in [-0.2, -0.15) is 0 Å². The Morgan fingerprint density at radius 1 is 0.929 bits per heavy atom. The molecular formula is C29H22Cl6N2O5. The van der Waals surface area contributed by atoms with E-state index in [9.17, 15) is 19.2 Å². The molecule has 2 aliphatic heterocycles. The van der Waals surface area contributed by atoms with E-state index in [1.54, 1.807) is 11.8 Å². The highest BCUT2D eigenvalue weighted by Crippen LogP contribution is 2.77. The number of ether oxygens (including phenoxy) is 1. The number of allylic oxidation sites excluding steroid dienone is 2. The minimum atomic E-state index is -2.02. The lowest BCUT2D eigenvalue weighted by molar-refractivity contribution is -0.139. The molecule has 0 unspecified atom stereocenters. The molecule has 2 aliphatic carbocycles. The number of rotatable bonds is 5. The number of amides is 3. The number of hydrogen-bond acceptors (Lipinski definition) is 5. The summed E-state index contributed by atoms with van der Waals surface area (Å²) in [4.78, 5) is 51.7. The van der Waals surface area contributed by atoms with Crippen LogP contribution in [0.3, 0.4) is 0 Å². The quantitative estimate of drug-likeness (QED) is 0.156. The number of aryl methyl sites for hydroxylation is 2. The van der Waals surface area contributed by atoms with E-state index in [0.29, 0.717) is 5.56 Å². The van der Waals surface area contributed by atoms with Gasteiger partial charge in [0.05, 0.1) is 33.5 Å². The maximum Gasteiger partial charge on any atom is 0.316 e. The van der Waals surface area contributed by atoms with Gasteiger partial charge in [-0.15, -0.1) is 23.2 Å². The second kappa shape index (κ2) is 10.0. The molecule has 220 valence electrons. The van der Waals surface area contributed by atoms with Crippen LogP contribution < -0.4 is 14.5 Å². The van der Waals surface area contributed by atoms with Crippen molar-refractivity contribution in [1.82, 2.24) is 0 Å². The number of imide groups is 1. The SMILES string of the molecule is CCc1ccc(N2C[C@@H](C(=O)Oc3ccc(N4C(=O)[C@@H]5[C@H](C4=O)[C@@]4(Cl)C(Cl)=C(Cl)[C@@]5(Cl)C4(Cl)Cl)c(C)c3)CC2=O)cc1. The van der Waals surface area contributed by atoms with Crippen molar-refractivity contribution in [1.29, 1.82) is 0 Å². The smallest absolute Gasteiger partial charge is 0.316 e. The number of nitrogens with zero attached hydrogens (tertiary/aromatic N) is 2. The number of benzene rings is 2. The highest BCUT2D eigenvalue weighted by molar-refractivity contribution is 6.67. The van der Waals surface area contributed by atoms with Crippen LogP contribution >= 0.6 is 69.6 Å². The van der Waals surface area contributed by atoms with Crippen LogP contribution in [0.5, 0.6) is 5.75 Å². The minimum Gasteiger partial charge on any atom is -0.426 e. The van der Waals surface area contributed by atoms with E-state index in [4.69, 9.17) is 74.3 Å². The molecule has 4 aliphatic rings. The van der Waals surface area contributed by atoms with E-state index in [1.807, 2.05) is 31.2 Å². The second-order valence-electron chi connectivity index (χ2n) is 10.9. The summed E-state index contributed by atoms with van der Waals surface area (Å²) in [6.07, 6.45) is 0.901. The van der Waals surface area contributed by atoms with Crippen molar-refractivity contribution >= 4 is 105 Å². The van der Waals surface area contributed by atoms with Crippen molar-refractivity contribution in [2.24, 2.45) is 17.8 Å². The summed E-state index contributed by atoms with van der Waals surface area (Å²) in [6, 6.07) is 12.1. The van der Waals surface area contributed by atoms with Crippen molar-refractivity contribution < 1.29 is 23.9 Å². The number of fused-ring (bicyclic) bond motifs is 5. The molecule has 0 radical (unpaired) electrons. The summed E-state index contributed by atoms with van der Waals surface area (Å²) in [5.74, 6) is -5.08. The van der Waals surface area contributed by atoms with Crippen molar-refractivity contribution in [3.63, 3.8) is 0 Å². The molecule has 0 aromatic heterocycles. The third-order valence-corrected chi connectivity index (χ3v) is 12.9. The molecule has 2 heterocycles. The van der Waals surface area contributed by atoms with Crippen LogP contribution in [-0.2, 0) is 25.6 Å². The van der Waals surface area contributed by atoms with Gasteiger partial charge >= 0.3 is 5.97 Å². The number of esters is 1. The van der Waals surface area contributed by atoms with Gasteiger partial charge in [-0.25, -0.2) is 4.90 Å². The molecule has 0 spiro atoms. The van der Waals surface area contributed by atoms with Gasteiger partial charge in [-0.05, 0) is 54.8 Å². The lowest BCUT2D eigenvalue weighted by Gasteiger charge is -2.34. The molecule has 13 heteroatoms. The molecule has 2 saturated heterocycles. The zero-order valence-electron chi connectivity index (χ0n) is 22.1. The molecule has 1 saturated carbocycles. The first-order valence-corrected chi connectivity index (χ1v) is 15.4. The Labute approximate surface area is 271 Å². The number of carbonyl (C=O) groups excluding carboxylic acids is 4. The Balaban J connectivity index is 1.20. The third-order valence-electron chi connectivity index (χ3n) is 8.65. The number of carbonyl (C=O) groups is 4. The van der Waals surface area contributed by atoms with Gasteiger partial charge in [0.1, 0.15) is 15.5 Å². The summed E-state index contributed by atoms with van der Waals surface area (Å²) in [6.45, 7) is 3.89. The number of hydrogen-bond donors (Lipinski definition) is 0. The van der Waals surface area contributed by atoms with Crippen LogP contribution in [0.1, 0.15) is 24.5 Å². The first kappa shape index (κ1) is 30.0. The first-order valence-electron chi connectivity index (χ1n) is 13.1. The van der Waals surface area contributed by atoms with Crippen LogP contribution in [0.4, 0.5) is 11.4 Å². The number of halogens is 6.